The van der Waals surface area contributed by atoms with Crippen molar-refractivity contribution >= 4 is 58.8 Å². The van der Waals surface area contributed by atoms with Crippen molar-refractivity contribution in [3.05, 3.63) is 63.1 Å². The van der Waals surface area contributed by atoms with E-state index in [9.17, 15) is 4.79 Å². The molecule has 0 aliphatic heterocycles. The Hall–Kier alpha value is -0.970. The quantitative estimate of drug-likeness (QED) is 0.780. The van der Waals surface area contributed by atoms with Crippen LogP contribution in [0.1, 0.15) is 10.4 Å². The third kappa shape index (κ3) is 5.27. The molecule has 0 spiro atoms. The van der Waals surface area contributed by atoms with Gasteiger partial charge in [-0.2, -0.15) is 0 Å². The Labute approximate surface area is 156 Å². The van der Waals surface area contributed by atoms with Gasteiger partial charge in [-0.15, -0.1) is 12.4 Å². The van der Waals surface area contributed by atoms with Gasteiger partial charge in [0.15, 0.2) is 0 Å². The summed E-state index contributed by atoms with van der Waals surface area (Å²) in [6.45, 7) is 1.16. The molecule has 3 nitrogen and oxygen atoms in total. The Morgan fingerprint density at radius 3 is 2.22 bits per heavy atom. The van der Waals surface area contributed by atoms with Crippen LogP contribution in [0, 0.1) is 0 Å². The van der Waals surface area contributed by atoms with Crippen molar-refractivity contribution in [3.8, 4) is 0 Å². The molecule has 23 heavy (non-hydrogen) atoms. The van der Waals surface area contributed by atoms with Crippen molar-refractivity contribution < 1.29 is 4.79 Å². The summed E-state index contributed by atoms with van der Waals surface area (Å²) in [5.74, 6) is -0.181. The van der Waals surface area contributed by atoms with E-state index in [1.165, 1.54) is 0 Å². The van der Waals surface area contributed by atoms with Crippen molar-refractivity contribution in [1.82, 2.24) is 5.32 Å². The first-order chi connectivity index (χ1) is 10.5. The molecule has 1 amide bonds. The van der Waals surface area contributed by atoms with E-state index in [2.05, 4.69) is 5.32 Å². The molecule has 0 unspecified atom stereocenters. The van der Waals surface area contributed by atoms with E-state index in [0.717, 1.165) is 5.69 Å². The largest absolute Gasteiger partial charge is 0.318 e. The number of benzene rings is 2. The molecule has 0 aliphatic rings. The number of carbonyl (C=O) groups excluding carboxylic acids is 1. The zero-order valence-corrected chi connectivity index (χ0v) is 15.4. The minimum atomic E-state index is -0.181. The molecular formula is C16H16Cl4N2O. The molecule has 2 aromatic rings. The van der Waals surface area contributed by atoms with Gasteiger partial charge in [0, 0.05) is 28.8 Å². The maximum absolute atomic E-state index is 12.8. The molecule has 0 radical (unpaired) electrons. The lowest BCUT2D eigenvalue weighted by Gasteiger charge is -2.23. The van der Waals surface area contributed by atoms with Gasteiger partial charge < -0.3 is 10.2 Å². The Kier molecular flexibility index (Phi) is 8.17. The van der Waals surface area contributed by atoms with Crippen LogP contribution in [0.4, 0.5) is 5.69 Å². The lowest BCUT2D eigenvalue weighted by Crippen LogP contribution is -2.36. The zero-order valence-electron chi connectivity index (χ0n) is 12.4. The standard InChI is InChI=1S/C16H15Cl3N2O.ClH/c1-20-8-9-21(13-5-2-11(17)3-6-13)16(22)14-7-4-12(18)10-15(14)19;/h2-7,10,20H,8-9H2,1H3;1H. The summed E-state index contributed by atoms with van der Waals surface area (Å²) in [6.07, 6.45) is 0. The number of nitrogens with zero attached hydrogens (tertiary/aromatic N) is 1. The third-order valence-corrected chi connectivity index (χ3v) is 3.93. The summed E-state index contributed by atoms with van der Waals surface area (Å²) < 4.78 is 0. The lowest BCUT2D eigenvalue weighted by molar-refractivity contribution is 0.0987. The Balaban J connectivity index is 0.00000264. The number of amides is 1. The maximum atomic E-state index is 12.8. The molecule has 0 saturated heterocycles. The van der Waals surface area contributed by atoms with E-state index >= 15 is 0 Å². The zero-order chi connectivity index (χ0) is 16.1. The van der Waals surface area contributed by atoms with Crippen molar-refractivity contribution in [2.24, 2.45) is 0 Å². The van der Waals surface area contributed by atoms with Crippen molar-refractivity contribution in [2.45, 2.75) is 0 Å². The molecule has 0 atom stereocenters. The second-order valence-corrected chi connectivity index (χ2v) is 5.94. The molecule has 0 fully saturated rings. The van der Waals surface area contributed by atoms with Crippen molar-refractivity contribution in [3.63, 3.8) is 0 Å². The Morgan fingerprint density at radius 1 is 1.04 bits per heavy atom. The maximum Gasteiger partial charge on any atom is 0.259 e. The van der Waals surface area contributed by atoms with E-state index in [1.54, 1.807) is 47.4 Å². The summed E-state index contributed by atoms with van der Waals surface area (Å²) in [7, 11) is 1.83. The minimum Gasteiger partial charge on any atom is -0.318 e. The fraction of sp³-hybridized carbons (Fsp3) is 0.188. The van der Waals surface area contributed by atoms with Gasteiger partial charge in [0.25, 0.3) is 5.91 Å². The van der Waals surface area contributed by atoms with Crippen LogP contribution in [0.5, 0.6) is 0 Å². The van der Waals surface area contributed by atoms with Crippen LogP contribution in [-0.2, 0) is 0 Å². The molecule has 2 rings (SSSR count). The molecule has 1 N–H and O–H groups in total. The first-order valence-corrected chi connectivity index (χ1v) is 7.83. The third-order valence-electron chi connectivity index (χ3n) is 3.13. The van der Waals surface area contributed by atoms with E-state index in [-0.39, 0.29) is 18.3 Å². The highest BCUT2D eigenvalue weighted by Crippen LogP contribution is 2.25. The summed E-state index contributed by atoms with van der Waals surface area (Å²) in [5, 5.41) is 4.48. The van der Waals surface area contributed by atoms with Gasteiger partial charge in [0.2, 0.25) is 0 Å². The van der Waals surface area contributed by atoms with E-state index in [4.69, 9.17) is 34.8 Å². The Morgan fingerprint density at radius 2 is 1.65 bits per heavy atom. The fourth-order valence-electron chi connectivity index (χ4n) is 2.00. The van der Waals surface area contributed by atoms with Crippen molar-refractivity contribution in [1.29, 1.82) is 0 Å². The minimum absolute atomic E-state index is 0. The SMILES string of the molecule is CNCCN(C(=O)c1ccc(Cl)cc1Cl)c1ccc(Cl)cc1.Cl. The number of rotatable bonds is 5. The molecule has 0 aromatic heterocycles. The van der Waals surface area contributed by atoms with E-state index < -0.39 is 0 Å². The predicted octanol–water partition coefficient (Wildman–Crippen LogP) is 4.93. The normalized spacial score (nSPS) is 10.1. The van der Waals surface area contributed by atoms with E-state index in [1.807, 2.05) is 7.05 Å². The summed E-state index contributed by atoms with van der Waals surface area (Å²) in [6, 6.07) is 12.0. The molecular weight excluding hydrogens is 378 g/mol. The highest BCUT2D eigenvalue weighted by molar-refractivity contribution is 6.37. The van der Waals surface area contributed by atoms with Crippen LogP contribution in [-0.4, -0.2) is 26.0 Å². The topological polar surface area (TPSA) is 32.3 Å². The highest BCUT2D eigenvalue weighted by atomic mass is 35.5. The summed E-state index contributed by atoms with van der Waals surface area (Å²) >= 11 is 17.9. The van der Waals surface area contributed by atoms with Gasteiger partial charge in [0.1, 0.15) is 0 Å². The Bertz CT molecular complexity index is 662. The highest BCUT2D eigenvalue weighted by Gasteiger charge is 2.20. The lowest BCUT2D eigenvalue weighted by atomic mass is 10.1. The number of hydrogen-bond donors (Lipinski definition) is 1. The van der Waals surface area contributed by atoms with Crippen molar-refractivity contribution in [2.75, 3.05) is 25.0 Å². The molecule has 7 heteroatoms. The molecule has 124 valence electrons. The van der Waals surface area contributed by atoms with Gasteiger partial charge in [-0.1, -0.05) is 34.8 Å². The molecule has 2 aromatic carbocycles. The molecule has 0 heterocycles. The number of likely N-dealkylation sites (N-methyl/N-ethyl adjacent to an activating group) is 1. The average molecular weight is 394 g/mol. The van der Waals surface area contributed by atoms with Gasteiger partial charge in [-0.3, -0.25) is 4.79 Å². The van der Waals surface area contributed by atoms with Crippen LogP contribution >= 0.6 is 47.2 Å². The number of anilines is 1. The van der Waals surface area contributed by atoms with Crippen LogP contribution in [0.15, 0.2) is 42.5 Å². The van der Waals surface area contributed by atoms with Gasteiger partial charge in [-0.05, 0) is 49.5 Å². The van der Waals surface area contributed by atoms with Crippen LogP contribution in [0.25, 0.3) is 0 Å². The second kappa shape index (κ2) is 9.36. The number of carbonyl (C=O) groups is 1. The monoisotopic (exact) mass is 392 g/mol. The molecule has 0 saturated carbocycles. The number of halogens is 4. The van der Waals surface area contributed by atoms with Crippen LogP contribution in [0.3, 0.4) is 0 Å². The first-order valence-electron chi connectivity index (χ1n) is 6.70. The average Bonchev–Trinajstić information content (AvgIpc) is 2.49. The van der Waals surface area contributed by atoms with Crippen LogP contribution < -0.4 is 10.2 Å². The van der Waals surface area contributed by atoms with Gasteiger partial charge in [0.05, 0.1) is 10.6 Å². The molecule has 0 aliphatic carbocycles. The number of nitrogens with one attached hydrogen (secondary N) is 1. The first kappa shape index (κ1) is 20.1. The number of hydrogen-bond acceptors (Lipinski definition) is 2. The van der Waals surface area contributed by atoms with Gasteiger partial charge in [-0.25, -0.2) is 0 Å². The second-order valence-electron chi connectivity index (χ2n) is 4.66. The molecule has 0 bridgehead atoms. The van der Waals surface area contributed by atoms with Gasteiger partial charge >= 0.3 is 0 Å². The fourth-order valence-corrected chi connectivity index (χ4v) is 2.62. The summed E-state index contributed by atoms with van der Waals surface area (Å²) in [5.41, 5.74) is 1.17. The van der Waals surface area contributed by atoms with E-state index in [0.29, 0.717) is 33.7 Å². The predicted molar refractivity (Wildman–Crippen MR) is 101 cm³/mol. The van der Waals surface area contributed by atoms with Crippen LogP contribution in [0.2, 0.25) is 15.1 Å². The summed E-state index contributed by atoms with van der Waals surface area (Å²) in [4.78, 5) is 14.5. The smallest absolute Gasteiger partial charge is 0.259 e.